The summed E-state index contributed by atoms with van der Waals surface area (Å²) in [5.74, 6) is 1.28. The molecule has 4 aromatic rings. The number of thioether (sulfide) groups is 1. The molecule has 0 aliphatic carbocycles. The fraction of sp³-hybridized carbons (Fsp3) is 0.130. The largest absolute Gasteiger partial charge is 0.492 e. The molecular formula is C23H20ClN5O2S. The number of hydrogen-bond donors (Lipinski definition) is 1. The molecule has 0 spiro atoms. The monoisotopic (exact) mass is 465 g/mol. The predicted octanol–water partition coefficient (Wildman–Crippen LogP) is 5.11. The highest BCUT2D eigenvalue weighted by molar-refractivity contribution is 7.99. The van der Waals surface area contributed by atoms with Crippen molar-refractivity contribution in [3.63, 3.8) is 0 Å². The van der Waals surface area contributed by atoms with E-state index >= 15 is 0 Å². The first-order chi connectivity index (χ1) is 15.7. The third-order valence-electron chi connectivity index (χ3n) is 4.46. The molecular weight excluding hydrogens is 446 g/mol. The van der Waals surface area contributed by atoms with Crippen molar-refractivity contribution >= 4 is 35.0 Å². The van der Waals surface area contributed by atoms with Crippen LogP contribution in [0.15, 0.2) is 78.2 Å². The van der Waals surface area contributed by atoms with E-state index in [1.165, 1.54) is 11.8 Å². The smallest absolute Gasteiger partial charge is 0.234 e. The third-order valence-corrected chi connectivity index (χ3v) is 5.72. The maximum absolute atomic E-state index is 12.6. The first-order valence-electron chi connectivity index (χ1n) is 9.92. The highest BCUT2D eigenvalue weighted by Crippen LogP contribution is 2.32. The van der Waals surface area contributed by atoms with Crippen LogP contribution in [0.5, 0.6) is 5.75 Å². The van der Waals surface area contributed by atoms with Gasteiger partial charge in [-0.3, -0.25) is 14.3 Å². The average molecular weight is 466 g/mol. The summed E-state index contributed by atoms with van der Waals surface area (Å²) in [6.45, 7) is 2.45. The molecule has 2 heterocycles. The normalized spacial score (nSPS) is 10.7. The average Bonchev–Trinajstić information content (AvgIpc) is 3.24. The number of carbonyl (C=O) groups is 1. The molecule has 0 radical (unpaired) electrons. The number of aromatic nitrogens is 4. The van der Waals surface area contributed by atoms with E-state index in [0.717, 1.165) is 11.3 Å². The van der Waals surface area contributed by atoms with Gasteiger partial charge in [-0.1, -0.05) is 47.6 Å². The molecule has 1 N–H and O–H groups in total. The Labute approximate surface area is 194 Å². The van der Waals surface area contributed by atoms with Crippen molar-refractivity contribution in [2.45, 2.75) is 12.1 Å². The number of benzene rings is 2. The SMILES string of the molecule is CCOc1ccccc1-n1c(SCC(=O)Nc2ccccc2Cl)nnc1-c1ccncc1. The molecule has 7 nitrogen and oxygen atoms in total. The lowest BCUT2D eigenvalue weighted by Crippen LogP contribution is -2.15. The van der Waals surface area contributed by atoms with Gasteiger partial charge in [0.1, 0.15) is 5.75 Å². The van der Waals surface area contributed by atoms with E-state index in [4.69, 9.17) is 16.3 Å². The Morgan fingerprint density at radius 1 is 1.06 bits per heavy atom. The highest BCUT2D eigenvalue weighted by Gasteiger charge is 2.20. The van der Waals surface area contributed by atoms with Gasteiger partial charge in [-0.05, 0) is 43.3 Å². The topological polar surface area (TPSA) is 81.9 Å². The maximum atomic E-state index is 12.6. The van der Waals surface area contributed by atoms with E-state index in [9.17, 15) is 4.79 Å². The van der Waals surface area contributed by atoms with Crippen LogP contribution in [-0.4, -0.2) is 38.0 Å². The van der Waals surface area contributed by atoms with E-state index in [0.29, 0.717) is 34.0 Å². The van der Waals surface area contributed by atoms with Gasteiger partial charge in [0.2, 0.25) is 5.91 Å². The van der Waals surface area contributed by atoms with Crippen LogP contribution in [0.1, 0.15) is 6.92 Å². The summed E-state index contributed by atoms with van der Waals surface area (Å²) in [5, 5.41) is 12.6. The zero-order valence-corrected chi connectivity index (χ0v) is 18.8. The zero-order chi connectivity index (χ0) is 22.3. The van der Waals surface area contributed by atoms with Crippen LogP contribution in [0.3, 0.4) is 0 Å². The lowest BCUT2D eigenvalue weighted by Gasteiger charge is -2.14. The standard InChI is InChI=1S/C23H20ClN5O2S/c1-2-31-20-10-6-5-9-19(20)29-22(16-11-13-25-14-12-16)27-28-23(29)32-15-21(30)26-18-8-4-3-7-17(18)24/h3-14H,2,15H2,1H3,(H,26,30). The van der Waals surface area contributed by atoms with Crippen molar-refractivity contribution in [1.29, 1.82) is 0 Å². The number of rotatable bonds is 8. The van der Waals surface area contributed by atoms with Gasteiger partial charge in [-0.2, -0.15) is 0 Å². The second-order valence-electron chi connectivity index (χ2n) is 6.59. The quantitative estimate of drug-likeness (QED) is 0.364. The number of hydrogen-bond acceptors (Lipinski definition) is 6. The molecule has 1 amide bonds. The van der Waals surface area contributed by atoms with Crippen LogP contribution < -0.4 is 10.1 Å². The Morgan fingerprint density at radius 3 is 2.59 bits per heavy atom. The molecule has 32 heavy (non-hydrogen) atoms. The van der Waals surface area contributed by atoms with E-state index in [1.54, 1.807) is 24.5 Å². The molecule has 0 aliphatic rings. The van der Waals surface area contributed by atoms with E-state index in [1.807, 2.05) is 60.0 Å². The number of anilines is 1. The van der Waals surface area contributed by atoms with E-state index < -0.39 is 0 Å². The number of carbonyl (C=O) groups excluding carboxylic acids is 1. The summed E-state index contributed by atoms with van der Waals surface area (Å²) in [4.78, 5) is 16.6. The van der Waals surface area contributed by atoms with Crippen LogP contribution >= 0.6 is 23.4 Å². The number of amides is 1. The number of ether oxygens (including phenoxy) is 1. The van der Waals surface area contributed by atoms with Gasteiger partial charge in [0, 0.05) is 18.0 Å². The van der Waals surface area contributed by atoms with Gasteiger partial charge < -0.3 is 10.1 Å². The summed E-state index contributed by atoms with van der Waals surface area (Å²) in [6, 6.07) is 18.5. The number of nitrogens with zero attached hydrogens (tertiary/aromatic N) is 4. The minimum absolute atomic E-state index is 0.135. The Morgan fingerprint density at radius 2 is 1.81 bits per heavy atom. The van der Waals surface area contributed by atoms with Crippen molar-refractivity contribution in [2.75, 3.05) is 17.7 Å². The number of para-hydroxylation sites is 3. The maximum Gasteiger partial charge on any atom is 0.234 e. The molecule has 2 aromatic heterocycles. The number of nitrogens with one attached hydrogen (secondary N) is 1. The molecule has 0 unspecified atom stereocenters. The van der Waals surface area contributed by atoms with Crippen LogP contribution in [0.2, 0.25) is 5.02 Å². The van der Waals surface area contributed by atoms with Gasteiger partial charge in [0.15, 0.2) is 11.0 Å². The van der Waals surface area contributed by atoms with Crippen LogP contribution in [0, 0.1) is 0 Å². The van der Waals surface area contributed by atoms with Crippen LogP contribution in [-0.2, 0) is 4.79 Å². The summed E-state index contributed by atoms with van der Waals surface area (Å²) in [6.07, 6.45) is 3.40. The summed E-state index contributed by atoms with van der Waals surface area (Å²) in [5.41, 5.74) is 2.21. The van der Waals surface area contributed by atoms with Crippen LogP contribution in [0.25, 0.3) is 17.1 Å². The number of halogens is 1. The van der Waals surface area contributed by atoms with E-state index in [2.05, 4.69) is 20.5 Å². The minimum Gasteiger partial charge on any atom is -0.492 e. The summed E-state index contributed by atoms with van der Waals surface area (Å²) in [7, 11) is 0. The van der Waals surface area contributed by atoms with Gasteiger partial charge in [-0.25, -0.2) is 0 Å². The molecule has 0 fully saturated rings. The lowest BCUT2D eigenvalue weighted by molar-refractivity contribution is -0.113. The Balaban J connectivity index is 1.65. The first kappa shape index (κ1) is 21.9. The van der Waals surface area contributed by atoms with Gasteiger partial charge in [0.25, 0.3) is 0 Å². The van der Waals surface area contributed by atoms with Crippen molar-refractivity contribution in [3.05, 3.63) is 78.1 Å². The second kappa shape index (κ2) is 10.3. The fourth-order valence-corrected chi connectivity index (χ4v) is 3.99. The van der Waals surface area contributed by atoms with E-state index in [-0.39, 0.29) is 11.7 Å². The van der Waals surface area contributed by atoms with Gasteiger partial charge in [0.05, 0.1) is 28.8 Å². The van der Waals surface area contributed by atoms with Crippen molar-refractivity contribution in [1.82, 2.24) is 19.7 Å². The van der Waals surface area contributed by atoms with Crippen molar-refractivity contribution < 1.29 is 9.53 Å². The molecule has 2 aromatic carbocycles. The molecule has 4 rings (SSSR count). The molecule has 9 heteroatoms. The summed E-state index contributed by atoms with van der Waals surface area (Å²) >= 11 is 7.42. The number of pyridine rings is 1. The molecule has 0 atom stereocenters. The zero-order valence-electron chi connectivity index (χ0n) is 17.2. The minimum atomic E-state index is -0.193. The molecule has 0 saturated heterocycles. The Bertz CT molecular complexity index is 1220. The van der Waals surface area contributed by atoms with Gasteiger partial charge in [-0.15, -0.1) is 10.2 Å². The van der Waals surface area contributed by atoms with Crippen LogP contribution in [0.4, 0.5) is 5.69 Å². The van der Waals surface area contributed by atoms with Gasteiger partial charge >= 0.3 is 0 Å². The third kappa shape index (κ3) is 4.92. The predicted molar refractivity (Wildman–Crippen MR) is 127 cm³/mol. The second-order valence-corrected chi connectivity index (χ2v) is 7.94. The Hall–Kier alpha value is -3.36. The van der Waals surface area contributed by atoms with Crippen molar-refractivity contribution in [2.24, 2.45) is 0 Å². The molecule has 0 bridgehead atoms. The molecule has 162 valence electrons. The molecule has 0 aliphatic heterocycles. The van der Waals surface area contributed by atoms with Crippen molar-refractivity contribution in [3.8, 4) is 22.8 Å². The molecule has 0 saturated carbocycles. The highest BCUT2D eigenvalue weighted by atomic mass is 35.5. The lowest BCUT2D eigenvalue weighted by atomic mass is 10.2. The fourth-order valence-electron chi connectivity index (χ4n) is 3.07. The summed E-state index contributed by atoms with van der Waals surface area (Å²) < 4.78 is 7.73. The first-order valence-corrected chi connectivity index (χ1v) is 11.3. The Kier molecular flexibility index (Phi) is 7.03.